The predicted molar refractivity (Wildman–Crippen MR) is 62.5 cm³/mol. The normalized spacial score (nSPS) is 29.5. The van der Waals surface area contributed by atoms with Crippen molar-refractivity contribution in [3.8, 4) is 0 Å². The van der Waals surface area contributed by atoms with Crippen molar-refractivity contribution in [1.29, 1.82) is 0 Å². The number of nitrogens with zero attached hydrogens (tertiary/aromatic N) is 1. The van der Waals surface area contributed by atoms with Gasteiger partial charge in [0.1, 0.15) is 5.41 Å². The lowest BCUT2D eigenvalue weighted by molar-refractivity contribution is -0.144. The van der Waals surface area contributed by atoms with Crippen LogP contribution in [0.15, 0.2) is 5.16 Å². The lowest BCUT2D eigenvalue weighted by Crippen LogP contribution is -2.58. The van der Waals surface area contributed by atoms with E-state index in [1.54, 1.807) is 0 Å². The van der Waals surface area contributed by atoms with Crippen LogP contribution in [0.5, 0.6) is 0 Å². The maximum absolute atomic E-state index is 12.2. The Morgan fingerprint density at radius 1 is 1.58 bits per heavy atom. The third-order valence-electron chi connectivity index (χ3n) is 3.34. The van der Waals surface area contributed by atoms with Crippen molar-refractivity contribution in [2.24, 2.45) is 22.2 Å². The Balaban J connectivity index is 2.70. The molecule has 1 atom stereocenters. The third-order valence-corrected chi connectivity index (χ3v) is 3.34. The number of amidine groups is 1. The Kier molecular flexibility index (Phi) is 4.32. The molecule has 1 saturated carbocycles. The molecule has 1 amide bonds. The van der Waals surface area contributed by atoms with Gasteiger partial charge in [-0.1, -0.05) is 12.1 Å². The summed E-state index contributed by atoms with van der Waals surface area (Å²) in [4.78, 5) is 12.0. The van der Waals surface area contributed by atoms with Crippen molar-refractivity contribution in [3.05, 3.63) is 0 Å². The molecule has 0 heterocycles. The summed E-state index contributed by atoms with van der Waals surface area (Å²) in [6.45, 7) is 3.16. The molecule has 5 nitrogen and oxygen atoms in total. The van der Waals surface area contributed by atoms with E-state index in [4.69, 9.17) is 10.9 Å². The van der Waals surface area contributed by atoms with E-state index in [-0.39, 0.29) is 11.8 Å². The van der Waals surface area contributed by atoms with Crippen LogP contribution in [0.4, 0.5) is 13.2 Å². The second-order valence-corrected chi connectivity index (χ2v) is 5.27. The van der Waals surface area contributed by atoms with Crippen LogP contribution in [0, 0.1) is 11.3 Å². The molecule has 0 aromatic rings. The Hall–Kier alpha value is -1.47. The van der Waals surface area contributed by atoms with Gasteiger partial charge in [-0.05, 0) is 25.7 Å². The second-order valence-electron chi connectivity index (χ2n) is 5.27. The van der Waals surface area contributed by atoms with Crippen LogP contribution < -0.4 is 11.1 Å². The summed E-state index contributed by atoms with van der Waals surface area (Å²) in [5.74, 6) is -0.649. The van der Waals surface area contributed by atoms with Crippen LogP contribution in [0.3, 0.4) is 0 Å². The number of carbonyl (C=O) groups is 1. The van der Waals surface area contributed by atoms with Crippen molar-refractivity contribution in [3.63, 3.8) is 0 Å². The zero-order chi connectivity index (χ0) is 14.8. The number of nitrogens with one attached hydrogen (secondary N) is 1. The Morgan fingerprint density at radius 3 is 2.47 bits per heavy atom. The van der Waals surface area contributed by atoms with E-state index < -0.39 is 30.0 Å². The predicted octanol–water partition coefficient (Wildman–Crippen LogP) is 1.61. The van der Waals surface area contributed by atoms with E-state index in [0.29, 0.717) is 12.8 Å². The Bertz CT molecular complexity index is 376. The molecule has 0 saturated heterocycles. The van der Waals surface area contributed by atoms with Crippen LogP contribution in [0.2, 0.25) is 0 Å². The van der Waals surface area contributed by atoms with Crippen molar-refractivity contribution in [2.45, 2.75) is 45.3 Å². The van der Waals surface area contributed by atoms with Gasteiger partial charge >= 0.3 is 6.18 Å². The molecule has 1 aliphatic rings. The summed E-state index contributed by atoms with van der Waals surface area (Å²) in [6.07, 6.45) is -4.72. The van der Waals surface area contributed by atoms with Gasteiger partial charge in [-0.2, -0.15) is 13.2 Å². The highest BCUT2D eigenvalue weighted by atomic mass is 19.4. The van der Waals surface area contributed by atoms with Gasteiger partial charge in [0.2, 0.25) is 5.91 Å². The first-order chi connectivity index (χ1) is 8.60. The van der Waals surface area contributed by atoms with Crippen LogP contribution in [-0.4, -0.2) is 29.2 Å². The maximum Gasteiger partial charge on any atom is 0.391 e. The highest BCUT2D eigenvalue weighted by Gasteiger charge is 2.52. The fraction of sp³-hybridized carbons (Fsp3) is 0.818. The number of halogens is 3. The van der Waals surface area contributed by atoms with Crippen LogP contribution in [0.25, 0.3) is 0 Å². The quantitative estimate of drug-likeness (QED) is 0.316. The van der Waals surface area contributed by atoms with Gasteiger partial charge in [-0.3, -0.25) is 4.79 Å². The number of rotatable bonds is 4. The summed E-state index contributed by atoms with van der Waals surface area (Å²) < 4.78 is 36.6. The van der Waals surface area contributed by atoms with Gasteiger partial charge in [0.25, 0.3) is 0 Å². The van der Waals surface area contributed by atoms with E-state index in [9.17, 15) is 18.0 Å². The SMILES string of the molecule is CC1CC(C(=O)NC(C)CC(F)(F)F)(C(N)=NO)C1. The molecule has 1 unspecified atom stereocenters. The molecule has 0 aromatic carbocycles. The summed E-state index contributed by atoms with van der Waals surface area (Å²) in [5, 5.41) is 13.8. The molecule has 1 rings (SSSR count). The number of alkyl halides is 3. The highest BCUT2D eigenvalue weighted by Crippen LogP contribution is 2.46. The Labute approximate surface area is 109 Å². The maximum atomic E-state index is 12.2. The molecule has 0 spiro atoms. The minimum atomic E-state index is -4.34. The minimum absolute atomic E-state index is 0.212. The van der Waals surface area contributed by atoms with Crippen molar-refractivity contribution < 1.29 is 23.2 Å². The van der Waals surface area contributed by atoms with Gasteiger partial charge in [0.15, 0.2) is 5.84 Å². The number of carbonyl (C=O) groups excluding carboxylic acids is 1. The van der Waals surface area contributed by atoms with Crippen molar-refractivity contribution in [1.82, 2.24) is 5.32 Å². The summed E-state index contributed by atoms with van der Waals surface area (Å²) in [5.41, 5.74) is 4.32. The van der Waals surface area contributed by atoms with Gasteiger partial charge in [-0.15, -0.1) is 0 Å². The van der Waals surface area contributed by atoms with E-state index in [1.807, 2.05) is 6.92 Å². The minimum Gasteiger partial charge on any atom is -0.409 e. The number of amides is 1. The van der Waals surface area contributed by atoms with E-state index >= 15 is 0 Å². The average Bonchev–Trinajstić information content (AvgIpc) is 2.20. The lowest BCUT2D eigenvalue weighted by atomic mass is 9.61. The summed E-state index contributed by atoms with van der Waals surface area (Å²) >= 11 is 0. The van der Waals surface area contributed by atoms with Gasteiger partial charge in [0, 0.05) is 6.04 Å². The average molecular weight is 281 g/mol. The highest BCUT2D eigenvalue weighted by molar-refractivity contribution is 6.07. The first-order valence-corrected chi connectivity index (χ1v) is 5.96. The second kappa shape index (κ2) is 5.26. The zero-order valence-electron chi connectivity index (χ0n) is 10.8. The molecular formula is C11H18F3N3O2. The molecule has 4 N–H and O–H groups in total. The van der Waals surface area contributed by atoms with Crippen LogP contribution >= 0.6 is 0 Å². The molecule has 1 aliphatic carbocycles. The fourth-order valence-electron chi connectivity index (χ4n) is 2.50. The molecule has 0 aromatic heterocycles. The summed E-state index contributed by atoms with van der Waals surface area (Å²) in [6, 6.07) is -1.05. The van der Waals surface area contributed by atoms with E-state index in [1.165, 1.54) is 6.92 Å². The fourth-order valence-corrected chi connectivity index (χ4v) is 2.50. The van der Waals surface area contributed by atoms with Crippen LogP contribution in [0.1, 0.15) is 33.1 Å². The Morgan fingerprint density at radius 2 is 2.11 bits per heavy atom. The van der Waals surface area contributed by atoms with Gasteiger partial charge < -0.3 is 16.3 Å². The molecule has 19 heavy (non-hydrogen) atoms. The molecule has 8 heteroatoms. The molecule has 0 aliphatic heterocycles. The summed E-state index contributed by atoms with van der Waals surface area (Å²) in [7, 11) is 0. The van der Waals surface area contributed by atoms with Gasteiger partial charge in [0.05, 0.1) is 6.42 Å². The molecule has 0 radical (unpaired) electrons. The van der Waals surface area contributed by atoms with Crippen LogP contribution in [-0.2, 0) is 4.79 Å². The number of hydrogen-bond donors (Lipinski definition) is 3. The van der Waals surface area contributed by atoms with Crippen molar-refractivity contribution in [2.75, 3.05) is 0 Å². The van der Waals surface area contributed by atoms with Gasteiger partial charge in [-0.25, -0.2) is 0 Å². The van der Waals surface area contributed by atoms with E-state index in [0.717, 1.165) is 0 Å². The lowest BCUT2D eigenvalue weighted by Gasteiger charge is -2.44. The molecule has 110 valence electrons. The zero-order valence-corrected chi connectivity index (χ0v) is 10.8. The van der Waals surface area contributed by atoms with E-state index in [2.05, 4.69) is 10.5 Å². The standard InChI is InChI=1S/C11H18F3N3O2/c1-6-3-10(4-6,8(15)17-19)9(18)16-7(2)5-11(12,13)14/h6-7,19H,3-5H2,1-2H3,(H2,15,17)(H,16,18). The molecule has 0 bridgehead atoms. The van der Waals surface area contributed by atoms with Crippen molar-refractivity contribution >= 4 is 11.7 Å². The first kappa shape index (κ1) is 15.6. The number of oxime groups is 1. The third kappa shape index (κ3) is 3.51. The molecular weight excluding hydrogens is 263 g/mol. The number of hydrogen-bond acceptors (Lipinski definition) is 3. The monoisotopic (exact) mass is 281 g/mol. The first-order valence-electron chi connectivity index (χ1n) is 5.96. The topological polar surface area (TPSA) is 87.7 Å². The largest absolute Gasteiger partial charge is 0.409 e. The smallest absolute Gasteiger partial charge is 0.391 e. The molecule has 1 fully saturated rings. The number of nitrogens with two attached hydrogens (primary N) is 1.